The summed E-state index contributed by atoms with van der Waals surface area (Å²) in [7, 11) is -2.54. The average molecular weight is 238 g/mol. The average Bonchev–Trinajstić information content (AvgIpc) is 2.31. The normalized spacial score (nSPS) is 16.5. The molecule has 1 rings (SSSR count). The van der Waals surface area contributed by atoms with Crippen LogP contribution >= 0.6 is 0 Å². The molecule has 0 radical (unpaired) electrons. The molecule has 1 saturated heterocycles. The van der Waals surface area contributed by atoms with Gasteiger partial charge in [-0.2, -0.15) is 0 Å². The number of hydrogen-bond acceptors (Lipinski definition) is 4. The van der Waals surface area contributed by atoms with E-state index in [4.69, 9.17) is 29.4 Å². The molecular weight excluding hydrogens is 220 g/mol. The van der Waals surface area contributed by atoms with Crippen molar-refractivity contribution in [3.63, 3.8) is 0 Å². The van der Waals surface area contributed by atoms with E-state index in [1.165, 1.54) is 0 Å². The van der Waals surface area contributed by atoms with E-state index in [0.29, 0.717) is 12.1 Å². The van der Waals surface area contributed by atoms with Crippen LogP contribution in [-0.4, -0.2) is 40.3 Å². The highest BCUT2D eigenvalue weighted by Crippen LogP contribution is 2.24. The van der Waals surface area contributed by atoms with E-state index >= 15 is 0 Å². The van der Waals surface area contributed by atoms with E-state index in [1.54, 1.807) is 0 Å². The lowest BCUT2D eigenvalue weighted by Gasteiger charge is -2.05. The molecule has 0 amide bonds. The van der Waals surface area contributed by atoms with Gasteiger partial charge in [-0.3, -0.25) is 9.59 Å². The summed E-state index contributed by atoms with van der Waals surface area (Å²) in [4.78, 5) is 35.8. The van der Waals surface area contributed by atoms with Crippen LogP contribution in [-0.2, 0) is 9.59 Å². The van der Waals surface area contributed by atoms with Crippen LogP contribution in [0.25, 0.3) is 0 Å². The Labute approximate surface area is 89.4 Å². The van der Waals surface area contributed by atoms with Gasteiger partial charge in [-0.25, -0.2) is 0 Å². The van der Waals surface area contributed by atoms with Crippen molar-refractivity contribution in [2.24, 2.45) is 0 Å². The molecule has 7 heteroatoms. The summed E-state index contributed by atoms with van der Waals surface area (Å²) in [6.45, 7) is 2.17. The zero-order chi connectivity index (χ0) is 12.5. The molecule has 0 saturated carbocycles. The van der Waals surface area contributed by atoms with Crippen LogP contribution in [0, 0.1) is 0 Å². The second kappa shape index (κ2) is 8.39. The van der Waals surface area contributed by atoms with Crippen molar-refractivity contribution < 1.29 is 29.4 Å². The fourth-order valence-electron chi connectivity index (χ4n) is 0.941. The van der Waals surface area contributed by atoms with Gasteiger partial charge in [0.2, 0.25) is 0 Å². The Hall–Kier alpha value is -0.923. The van der Waals surface area contributed by atoms with Crippen molar-refractivity contribution in [1.82, 2.24) is 0 Å². The van der Waals surface area contributed by atoms with Crippen molar-refractivity contribution in [1.29, 1.82) is 0 Å². The molecule has 15 heavy (non-hydrogen) atoms. The SMILES string of the molecule is CC(=O)O.CC(=O)O.O[Si]1(O)CCCC1. The number of aliphatic carboxylic acids is 2. The van der Waals surface area contributed by atoms with Crippen LogP contribution in [0.5, 0.6) is 0 Å². The highest BCUT2D eigenvalue weighted by molar-refractivity contribution is 6.65. The molecule has 0 aromatic heterocycles. The summed E-state index contributed by atoms with van der Waals surface area (Å²) in [6.07, 6.45) is 2.05. The van der Waals surface area contributed by atoms with Crippen LogP contribution in [0.2, 0.25) is 12.1 Å². The molecular formula is C8H18O6Si. The molecule has 0 spiro atoms. The topological polar surface area (TPSA) is 115 Å². The van der Waals surface area contributed by atoms with Gasteiger partial charge in [0.1, 0.15) is 0 Å². The number of carboxylic acid groups (broad SMARTS) is 2. The predicted octanol–water partition coefficient (Wildman–Crippen LogP) is 0.389. The Balaban J connectivity index is 0. The smallest absolute Gasteiger partial charge is 0.332 e. The third kappa shape index (κ3) is 24.6. The summed E-state index contributed by atoms with van der Waals surface area (Å²) in [6, 6.07) is 1.40. The maximum atomic E-state index is 9.00. The lowest BCUT2D eigenvalue weighted by molar-refractivity contribution is -0.135. The van der Waals surface area contributed by atoms with E-state index in [2.05, 4.69) is 0 Å². The highest BCUT2D eigenvalue weighted by Gasteiger charge is 2.32. The number of hydrogen-bond donors (Lipinski definition) is 4. The Morgan fingerprint density at radius 3 is 1.20 bits per heavy atom. The first-order valence-corrected chi connectivity index (χ1v) is 6.82. The van der Waals surface area contributed by atoms with Crippen molar-refractivity contribution in [2.45, 2.75) is 38.8 Å². The van der Waals surface area contributed by atoms with Gasteiger partial charge in [0, 0.05) is 13.8 Å². The Kier molecular flexibility index (Phi) is 9.23. The van der Waals surface area contributed by atoms with Crippen molar-refractivity contribution >= 4 is 20.5 Å². The maximum Gasteiger partial charge on any atom is 0.332 e. The third-order valence-electron chi connectivity index (χ3n) is 1.40. The van der Waals surface area contributed by atoms with E-state index in [0.717, 1.165) is 26.7 Å². The van der Waals surface area contributed by atoms with Gasteiger partial charge in [-0.15, -0.1) is 0 Å². The minimum atomic E-state index is -2.54. The van der Waals surface area contributed by atoms with Crippen LogP contribution in [0.1, 0.15) is 26.7 Å². The summed E-state index contributed by atoms with van der Waals surface area (Å²) in [5, 5.41) is 14.8. The van der Waals surface area contributed by atoms with Gasteiger partial charge in [-0.1, -0.05) is 12.8 Å². The molecule has 6 nitrogen and oxygen atoms in total. The quantitative estimate of drug-likeness (QED) is 0.454. The van der Waals surface area contributed by atoms with E-state index in [1.807, 2.05) is 0 Å². The van der Waals surface area contributed by atoms with Crippen LogP contribution in [0.4, 0.5) is 0 Å². The first-order valence-electron chi connectivity index (χ1n) is 4.51. The molecule has 1 heterocycles. The zero-order valence-electron chi connectivity index (χ0n) is 8.93. The molecule has 0 unspecified atom stereocenters. The number of rotatable bonds is 0. The highest BCUT2D eigenvalue weighted by atomic mass is 28.4. The Morgan fingerprint density at radius 1 is 0.933 bits per heavy atom. The minimum absolute atomic E-state index is 0.701. The standard InChI is InChI=1S/C4H10O2Si.2C2H4O2/c5-7(6)3-1-2-4-7;2*1-2(3)4/h5-6H,1-4H2;2*1H3,(H,3,4). The van der Waals surface area contributed by atoms with Crippen LogP contribution in [0.15, 0.2) is 0 Å². The predicted molar refractivity (Wildman–Crippen MR) is 55.7 cm³/mol. The van der Waals surface area contributed by atoms with Crippen molar-refractivity contribution in [2.75, 3.05) is 0 Å². The minimum Gasteiger partial charge on any atom is -0.481 e. The lowest BCUT2D eigenvalue weighted by Crippen LogP contribution is -2.29. The largest absolute Gasteiger partial charge is 0.481 e. The van der Waals surface area contributed by atoms with Crippen molar-refractivity contribution in [3.05, 3.63) is 0 Å². The monoisotopic (exact) mass is 238 g/mol. The molecule has 0 aromatic rings. The Bertz CT molecular complexity index is 175. The number of carbonyl (C=O) groups is 2. The molecule has 1 aliphatic rings. The summed E-state index contributed by atoms with van der Waals surface area (Å²) < 4.78 is 0. The number of carboxylic acids is 2. The van der Waals surface area contributed by atoms with E-state index in [9.17, 15) is 0 Å². The molecule has 4 N–H and O–H groups in total. The van der Waals surface area contributed by atoms with E-state index < -0.39 is 20.5 Å². The summed E-state index contributed by atoms with van der Waals surface area (Å²) in [5.74, 6) is -1.67. The summed E-state index contributed by atoms with van der Waals surface area (Å²) >= 11 is 0. The molecule has 0 aliphatic carbocycles. The van der Waals surface area contributed by atoms with E-state index in [-0.39, 0.29) is 0 Å². The van der Waals surface area contributed by atoms with Gasteiger partial charge >= 0.3 is 8.56 Å². The maximum absolute atomic E-state index is 9.00. The van der Waals surface area contributed by atoms with Gasteiger partial charge in [-0.05, 0) is 12.1 Å². The van der Waals surface area contributed by atoms with Gasteiger partial charge in [0.15, 0.2) is 0 Å². The van der Waals surface area contributed by atoms with Gasteiger partial charge < -0.3 is 19.8 Å². The molecule has 0 aromatic carbocycles. The second-order valence-electron chi connectivity index (χ2n) is 3.23. The zero-order valence-corrected chi connectivity index (χ0v) is 9.93. The first-order chi connectivity index (χ1) is 6.67. The third-order valence-corrected chi connectivity index (χ3v) is 3.71. The second-order valence-corrected chi connectivity index (χ2v) is 6.19. The molecule has 0 atom stereocenters. The fraction of sp³-hybridized carbons (Fsp3) is 0.750. The summed E-state index contributed by atoms with van der Waals surface area (Å²) in [5.41, 5.74) is 0. The molecule has 90 valence electrons. The fourth-order valence-corrected chi connectivity index (χ4v) is 2.82. The Morgan fingerprint density at radius 2 is 1.13 bits per heavy atom. The van der Waals surface area contributed by atoms with Gasteiger partial charge in [0.25, 0.3) is 11.9 Å². The molecule has 1 fully saturated rings. The van der Waals surface area contributed by atoms with Crippen LogP contribution in [0.3, 0.4) is 0 Å². The van der Waals surface area contributed by atoms with Crippen molar-refractivity contribution in [3.8, 4) is 0 Å². The van der Waals surface area contributed by atoms with Crippen LogP contribution < -0.4 is 0 Å². The lowest BCUT2D eigenvalue weighted by atomic mass is 10.4. The molecule has 0 bridgehead atoms. The van der Waals surface area contributed by atoms with Gasteiger partial charge in [0.05, 0.1) is 0 Å². The molecule has 1 aliphatic heterocycles. The first kappa shape index (κ1) is 16.5.